The van der Waals surface area contributed by atoms with Gasteiger partial charge in [0.05, 0.1) is 26.2 Å². The number of rotatable bonds is 5. The SMILES string of the molecule is Cc1c(Br)c(Nc2cc(C(F)(F)F)ccn2)nc(-c2cnc([C@]3(O)CCCc4cc(C(=O)O)ccc43)s2)c1Br. The van der Waals surface area contributed by atoms with Crippen molar-refractivity contribution in [3.05, 3.63) is 84.5 Å². The van der Waals surface area contributed by atoms with E-state index in [1.54, 1.807) is 18.3 Å². The van der Waals surface area contributed by atoms with Crippen LogP contribution in [0, 0.1) is 6.92 Å². The number of aromatic nitrogens is 3. The van der Waals surface area contributed by atoms with E-state index in [0.29, 0.717) is 49.4 Å². The van der Waals surface area contributed by atoms with Crippen LogP contribution in [0.5, 0.6) is 0 Å². The number of nitrogens with one attached hydrogen (secondary N) is 1. The molecule has 0 spiro atoms. The Hall–Kier alpha value is -2.87. The molecule has 0 saturated carbocycles. The standard InChI is InChI=1S/C26H19Br2F3N4O3S/c1-12-19(27)21(35-22(20(12)28)34-18-10-15(6-8-32-18)26(29,30)31)17-11-33-24(39-17)25(38)7-2-3-13-9-14(23(36)37)4-5-16(13)25/h4-6,8-11,38H,2-3,7H2,1H3,(H,36,37)(H,32,34,35)/t25-/m0/s1. The molecule has 0 radical (unpaired) electrons. The number of hydrogen-bond acceptors (Lipinski definition) is 7. The van der Waals surface area contributed by atoms with Gasteiger partial charge in [-0.1, -0.05) is 6.07 Å². The molecule has 39 heavy (non-hydrogen) atoms. The van der Waals surface area contributed by atoms with Gasteiger partial charge in [0.1, 0.15) is 22.2 Å². The Balaban J connectivity index is 1.53. The van der Waals surface area contributed by atoms with Gasteiger partial charge in [0.15, 0.2) is 0 Å². The second kappa shape index (κ2) is 10.3. The lowest BCUT2D eigenvalue weighted by atomic mass is 9.79. The molecule has 7 nitrogen and oxygen atoms in total. The van der Waals surface area contributed by atoms with Crippen molar-refractivity contribution in [3.8, 4) is 10.6 Å². The number of anilines is 2. The molecule has 3 N–H and O–H groups in total. The van der Waals surface area contributed by atoms with Crippen molar-refractivity contribution in [2.45, 2.75) is 38.0 Å². The molecular weight excluding hydrogens is 665 g/mol. The molecule has 1 aliphatic carbocycles. The number of nitrogens with zero attached hydrogens (tertiary/aromatic N) is 3. The molecule has 202 valence electrons. The zero-order valence-corrected chi connectivity index (χ0v) is 24.1. The number of halogens is 5. The van der Waals surface area contributed by atoms with E-state index >= 15 is 0 Å². The minimum atomic E-state index is -4.52. The summed E-state index contributed by atoms with van der Waals surface area (Å²) in [5, 5.41) is 24.4. The summed E-state index contributed by atoms with van der Waals surface area (Å²) >= 11 is 8.27. The summed E-state index contributed by atoms with van der Waals surface area (Å²) in [7, 11) is 0. The largest absolute Gasteiger partial charge is 0.478 e. The number of fused-ring (bicyclic) bond motifs is 1. The first kappa shape index (κ1) is 27.7. The molecule has 4 aromatic rings. The topological polar surface area (TPSA) is 108 Å². The average molecular weight is 684 g/mol. The van der Waals surface area contributed by atoms with Gasteiger partial charge in [-0.15, -0.1) is 11.3 Å². The van der Waals surface area contributed by atoms with Gasteiger partial charge in [0, 0.05) is 16.9 Å². The molecule has 1 atom stereocenters. The minimum absolute atomic E-state index is 0.0236. The molecule has 1 aromatic carbocycles. The summed E-state index contributed by atoms with van der Waals surface area (Å²) in [4.78, 5) is 25.2. The third-order valence-corrected chi connectivity index (χ3v) is 9.60. The van der Waals surface area contributed by atoms with Crippen LogP contribution >= 0.6 is 43.2 Å². The minimum Gasteiger partial charge on any atom is -0.478 e. The Bertz CT molecular complexity index is 1610. The number of benzene rings is 1. The van der Waals surface area contributed by atoms with E-state index in [0.717, 1.165) is 29.5 Å². The van der Waals surface area contributed by atoms with Crippen LogP contribution in [0.4, 0.5) is 24.8 Å². The van der Waals surface area contributed by atoms with Crippen LogP contribution in [0.1, 0.15) is 50.5 Å². The fourth-order valence-electron chi connectivity index (χ4n) is 4.51. The second-order valence-corrected chi connectivity index (χ2v) is 11.7. The van der Waals surface area contributed by atoms with Crippen LogP contribution in [0.3, 0.4) is 0 Å². The van der Waals surface area contributed by atoms with Gasteiger partial charge in [-0.05, 0) is 99.0 Å². The van der Waals surface area contributed by atoms with Gasteiger partial charge in [-0.25, -0.2) is 19.7 Å². The van der Waals surface area contributed by atoms with Crippen LogP contribution in [-0.4, -0.2) is 31.1 Å². The lowest BCUT2D eigenvalue weighted by Crippen LogP contribution is -2.32. The Labute approximate surface area is 241 Å². The number of aryl methyl sites for hydroxylation is 1. The second-order valence-electron chi connectivity index (χ2n) is 9.04. The Morgan fingerprint density at radius 3 is 2.64 bits per heavy atom. The van der Waals surface area contributed by atoms with Gasteiger partial charge >= 0.3 is 12.1 Å². The van der Waals surface area contributed by atoms with Crippen molar-refractivity contribution in [1.82, 2.24) is 15.0 Å². The van der Waals surface area contributed by atoms with Gasteiger partial charge in [-0.2, -0.15) is 13.2 Å². The van der Waals surface area contributed by atoms with Crippen molar-refractivity contribution in [3.63, 3.8) is 0 Å². The monoisotopic (exact) mass is 682 g/mol. The van der Waals surface area contributed by atoms with Crippen LogP contribution < -0.4 is 5.32 Å². The highest BCUT2D eigenvalue weighted by atomic mass is 79.9. The predicted octanol–water partition coefficient (Wildman–Crippen LogP) is 7.47. The van der Waals surface area contributed by atoms with Crippen molar-refractivity contribution in [2.24, 2.45) is 0 Å². The summed E-state index contributed by atoms with van der Waals surface area (Å²) in [6.45, 7) is 1.82. The van der Waals surface area contributed by atoms with Crippen molar-refractivity contribution >= 4 is 60.8 Å². The number of carboxylic acids is 1. The highest BCUT2D eigenvalue weighted by Gasteiger charge is 2.39. The predicted molar refractivity (Wildman–Crippen MR) is 147 cm³/mol. The van der Waals surface area contributed by atoms with E-state index in [2.05, 4.69) is 52.1 Å². The maximum Gasteiger partial charge on any atom is 0.416 e. The van der Waals surface area contributed by atoms with Gasteiger partial charge in [-0.3, -0.25) is 0 Å². The number of pyridine rings is 2. The maximum atomic E-state index is 13.2. The molecule has 3 heterocycles. The van der Waals surface area contributed by atoms with Crippen LogP contribution in [-0.2, 0) is 18.2 Å². The molecule has 5 rings (SSSR count). The Morgan fingerprint density at radius 2 is 1.92 bits per heavy atom. The summed E-state index contributed by atoms with van der Waals surface area (Å²) < 4.78 is 40.7. The molecule has 13 heteroatoms. The fourth-order valence-corrected chi connectivity index (χ4v) is 6.84. The van der Waals surface area contributed by atoms with E-state index in [9.17, 15) is 28.2 Å². The quantitative estimate of drug-likeness (QED) is 0.200. The highest BCUT2D eigenvalue weighted by Crippen LogP contribution is 2.46. The molecule has 0 fully saturated rings. The van der Waals surface area contributed by atoms with E-state index in [-0.39, 0.29) is 17.2 Å². The van der Waals surface area contributed by atoms with Crippen LogP contribution in [0.2, 0.25) is 0 Å². The number of carbonyl (C=O) groups is 1. The maximum absolute atomic E-state index is 13.2. The average Bonchev–Trinajstić information content (AvgIpc) is 3.39. The zero-order chi connectivity index (χ0) is 28.1. The summed E-state index contributed by atoms with van der Waals surface area (Å²) in [6.07, 6.45) is -0.139. The van der Waals surface area contributed by atoms with Crippen molar-refractivity contribution in [2.75, 3.05) is 5.32 Å². The molecular formula is C26H19Br2F3N4O3S. The third-order valence-electron chi connectivity index (χ3n) is 6.51. The lowest BCUT2D eigenvalue weighted by molar-refractivity contribution is -0.137. The number of carboxylic acid groups (broad SMARTS) is 1. The third kappa shape index (κ3) is 5.20. The van der Waals surface area contributed by atoms with Gasteiger partial charge in [0.25, 0.3) is 0 Å². The number of hydrogen-bond donors (Lipinski definition) is 3. The molecule has 0 bridgehead atoms. The van der Waals surface area contributed by atoms with Crippen molar-refractivity contribution in [1.29, 1.82) is 0 Å². The number of aliphatic hydroxyl groups is 1. The molecule has 0 aliphatic heterocycles. The van der Waals surface area contributed by atoms with E-state index in [1.165, 1.54) is 17.4 Å². The highest BCUT2D eigenvalue weighted by molar-refractivity contribution is 9.11. The first-order valence-corrected chi connectivity index (χ1v) is 14.0. The molecule has 0 unspecified atom stereocenters. The van der Waals surface area contributed by atoms with E-state index in [1.807, 2.05) is 6.92 Å². The fraction of sp³-hybridized carbons (Fsp3) is 0.231. The van der Waals surface area contributed by atoms with Gasteiger partial charge < -0.3 is 15.5 Å². The van der Waals surface area contributed by atoms with E-state index < -0.39 is 23.3 Å². The summed E-state index contributed by atoms with van der Waals surface area (Å²) in [5.74, 6) is -0.797. The molecule has 0 saturated heterocycles. The zero-order valence-electron chi connectivity index (χ0n) is 20.1. The number of aromatic carboxylic acids is 1. The molecule has 1 aliphatic rings. The molecule has 0 amide bonds. The van der Waals surface area contributed by atoms with E-state index in [4.69, 9.17) is 0 Å². The summed E-state index contributed by atoms with van der Waals surface area (Å²) in [6, 6.07) is 6.50. The number of alkyl halides is 3. The van der Waals surface area contributed by atoms with Crippen LogP contribution in [0.15, 0.2) is 51.7 Å². The number of thiazole rings is 1. The smallest absolute Gasteiger partial charge is 0.416 e. The van der Waals surface area contributed by atoms with Crippen LogP contribution in [0.25, 0.3) is 10.6 Å². The first-order valence-electron chi connectivity index (χ1n) is 11.6. The lowest BCUT2D eigenvalue weighted by Gasteiger charge is -2.33. The normalized spacial score (nSPS) is 17.1. The van der Waals surface area contributed by atoms with Gasteiger partial charge in [0.2, 0.25) is 0 Å². The Kier molecular flexibility index (Phi) is 7.29. The first-order chi connectivity index (χ1) is 18.4. The Morgan fingerprint density at radius 1 is 1.15 bits per heavy atom. The molecule has 3 aromatic heterocycles. The van der Waals surface area contributed by atoms with Crippen molar-refractivity contribution < 1.29 is 28.2 Å². The summed E-state index contributed by atoms with van der Waals surface area (Å²) in [5.41, 5.74) is 0.534.